The minimum absolute atomic E-state index is 0.129. The summed E-state index contributed by atoms with van der Waals surface area (Å²) in [4.78, 5) is 9.04. The molecule has 11 heteroatoms. The number of primary sulfonamides is 1. The molecule has 1 saturated heterocycles. The lowest BCUT2D eigenvalue weighted by Gasteiger charge is -2.18. The number of imidazole rings is 1. The van der Waals surface area contributed by atoms with Crippen LogP contribution in [0.1, 0.15) is 31.2 Å². The van der Waals surface area contributed by atoms with Crippen LogP contribution in [-0.2, 0) is 14.8 Å². The average Bonchev–Trinajstić information content (AvgIpc) is 3.52. The van der Waals surface area contributed by atoms with Crippen LogP contribution in [-0.4, -0.2) is 43.7 Å². The molecule has 1 aliphatic heterocycles. The zero-order valence-electron chi connectivity index (χ0n) is 18.3. The second-order valence-electron chi connectivity index (χ2n) is 8.79. The number of aliphatic imine (C=N–C) groups is 1. The Kier molecular flexibility index (Phi) is 5.86. The highest BCUT2D eigenvalue weighted by Gasteiger charge is 2.54. The molecule has 1 aromatic carbocycles. The minimum atomic E-state index is -3.92. The lowest BCUT2D eigenvalue weighted by Crippen LogP contribution is -2.28. The van der Waals surface area contributed by atoms with Crippen molar-refractivity contribution in [2.75, 3.05) is 13.1 Å². The molecule has 8 nitrogen and oxygen atoms in total. The van der Waals surface area contributed by atoms with Crippen molar-refractivity contribution in [1.82, 2.24) is 14.7 Å². The van der Waals surface area contributed by atoms with Crippen LogP contribution in [0.15, 0.2) is 47.7 Å². The number of alkyl halides is 2. The van der Waals surface area contributed by atoms with E-state index in [1.54, 1.807) is 22.9 Å². The van der Waals surface area contributed by atoms with Gasteiger partial charge in [-0.15, -0.1) is 0 Å². The van der Waals surface area contributed by atoms with Gasteiger partial charge in [0.2, 0.25) is 10.0 Å². The lowest BCUT2D eigenvalue weighted by atomic mass is 10.00. The van der Waals surface area contributed by atoms with Gasteiger partial charge >= 0.3 is 6.61 Å². The average molecular weight is 490 g/mol. The molecule has 34 heavy (non-hydrogen) atoms. The number of sulfonamides is 1. The van der Waals surface area contributed by atoms with Crippen molar-refractivity contribution >= 4 is 27.6 Å². The predicted octanol–water partition coefficient (Wildman–Crippen LogP) is 3.58. The van der Waals surface area contributed by atoms with Crippen LogP contribution < -0.4 is 15.2 Å². The molecule has 0 radical (unpaired) electrons. The Labute approximate surface area is 195 Å². The maximum atomic E-state index is 13.0. The number of aromatic nitrogens is 2. The third-order valence-electron chi connectivity index (χ3n) is 6.52. The zero-order chi connectivity index (χ0) is 23.9. The first kappa shape index (κ1) is 22.9. The number of ether oxygens (including phenoxy) is 1. The highest BCUT2D eigenvalue weighted by atomic mass is 32.2. The van der Waals surface area contributed by atoms with Crippen LogP contribution >= 0.6 is 0 Å². The summed E-state index contributed by atoms with van der Waals surface area (Å²) in [6.45, 7) is -1.07. The Morgan fingerprint density at radius 2 is 2.00 bits per heavy atom. The summed E-state index contributed by atoms with van der Waals surface area (Å²) in [5.74, 6) is 0.313. The fourth-order valence-corrected chi connectivity index (χ4v) is 5.60. The number of nitrogens with one attached hydrogen (secondary N) is 1. The molecule has 0 atom stereocenters. The lowest BCUT2D eigenvalue weighted by molar-refractivity contribution is -0.0498. The quantitative estimate of drug-likeness (QED) is 0.493. The van der Waals surface area contributed by atoms with E-state index >= 15 is 0 Å². The number of nitrogens with zero attached hydrogens (tertiary/aromatic N) is 3. The zero-order valence-corrected chi connectivity index (χ0v) is 19.1. The molecule has 3 N–H and O–H groups in total. The molecule has 2 fully saturated rings. The molecule has 1 saturated carbocycles. The summed E-state index contributed by atoms with van der Waals surface area (Å²) >= 11 is 0. The molecule has 0 amide bonds. The Morgan fingerprint density at radius 1 is 1.24 bits per heavy atom. The second kappa shape index (κ2) is 8.71. The number of piperidine rings is 1. The molecule has 3 heterocycles. The first-order valence-electron chi connectivity index (χ1n) is 11.1. The SMILES string of the molecule is NS(=O)(=O)C1(c2cc(OC(F)F)cc(-c3cnc4cc(N=CC5CCNCC5)ccn34)c2)CC1. The van der Waals surface area contributed by atoms with Gasteiger partial charge in [-0.1, -0.05) is 0 Å². The maximum absolute atomic E-state index is 13.0. The Bertz CT molecular complexity index is 1350. The van der Waals surface area contributed by atoms with Crippen LogP contribution in [0.4, 0.5) is 14.5 Å². The highest BCUT2D eigenvalue weighted by molar-refractivity contribution is 7.90. The number of pyridine rings is 1. The number of hydrogen-bond acceptors (Lipinski definition) is 6. The van der Waals surface area contributed by atoms with Gasteiger partial charge in [0.1, 0.15) is 16.1 Å². The minimum Gasteiger partial charge on any atom is -0.435 e. The molecule has 1 aliphatic carbocycles. The van der Waals surface area contributed by atoms with Gasteiger partial charge < -0.3 is 10.1 Å². The number of hydrogen-bond donors (Lipinski definition) is 2. The summed E-state index contributed by atoms with van der Waals surface area (Å²) in [7, 11) is -3.92. The van der Waals surface area contributed by atoms with Crippen molar-refractivity contribution in [1.29, 1.82) is 0 Å². The van der Waals surface area contributed by atoms with Crippen molar-refractivity contribution in [2.45, 2.75) is 37.0 Å². The van der Waals surface area contributed by atoms with E-state index in [0.717, 1.165) is 31.6 Å². The van der Waals surface area contributed by atoms with Gasteiger partial charge in [0.15, 0.2) is 0 Å². The summed E-state index contributed by atoms with van der Waals surface area (Å²) in [6.07, 6.45) is 8.16. The molecule has 2 aliphatic rings. The predicted molar refractivity (Wildman–Crippen MR) is 125 cm³/mol. The molecular formula is C23H25F2N5O3S. The highest BCUT2D eigenvalue weighted by Crippen LogP contribution is 2.53. The van der Waals surface area contributed by atoms with E-state index in [1.807, 2.05) is 18.3 Å². The topological polar surface area (TPSA) is 111 Å². The van der Waals surface area contributed by atoms with E-state index in [1.165, 1.54) is 12.1 Å². The van der Waals surface area contributed by atoms with Crippen LogP contribution in [0.2, 0.25) is 0 Å². The van der Waals surface area contributed by atoms with Crippen LogP contribution in [0.3, 0.4) is 0 Å². The second-order valence-corrected chi connectivity index (χ2v) is 10.7. The Balaban J connectivity index is 1.51. The third kappa shape index (κ3) is 4.42. The largest absolute Gasteiger partial charge is 0.435 e. The van der Waals surface area contributed by atoms with Gasteiger partial charge in [-0.3, -0.25) is 9.39 Å². The number of benzene rings is 1. The van der Waals surface area contributed by atoms with Gasteiger partial charge in [-0.25, -0.2) is 18.5 Å². The molecule has 3 aromatic rings. The molecule has 0 bridgehead atoms. The summed E-state index contributed by atoms with van der Waals surface area (Å²) < 4.78 is 55.6. The van der Waals surface area contributed by atoms with Gasteiger partial charge in [0.05, 0.1) is 17.6 Å². The van der Waals surface area contributed by atoms with Crippen molar-refractivity contribution in [2.24, 2.45) is 16.0 Å². The molecule has 0 spiro atoms. The molecule has 180 valence electrons. The standard InChI is InChI=1S/C23H25F2N5O3S/c24-22(25)33-19-10-16(9-17(11-19)23(4-5-23)34(26,31)32)20-14-29-21-12-18(3-8-30(20)21)28-13-15-1-6-27-7-2-15/h3,8-15,22,27H,1-2,4-7H2,(H2,26,31,32). The Morgan fingerprint density at radius 3 is 2.68 bits per heavy atom. The van der Waals surface area contributed by atoms with Crippen molar-refractivity contribution < 1.29 is 21.9 Å². The van der Waals surface area contributed by atoms with Gasteiger partial charge in [0, 0.05) is 24.0 Å². The number of rotatable bonds is 7. The number of fused-ring (bicyclic) bond motifs is 1. The van der Waals surface area contributed by atoms with Crippen molar-refractivity contribution in [3.05, 3.63) is 48.3 Å². The first-order valence-corrected chi connectivity index (χ1v) is 12.6. The first-order chi connectivity index (χ1) is 16.2. The third-order valence-corrected chi connectivity index (χ3v) is 8.25. The van der Waals surface area contributed by atoms with Crippen LogP contribution in [0, 0.1) is 5.92 Å². The van der Waals surface area contributed by atoms with E-state index in [4.69, 9.17) is 5.14 Å². The van der Waals surface area contributed by atoms with E-state index in [2.05, 4.69) is 20.0 Å². The fourth-order valence-electron chi connectivity index (χ4n) is 4.48. The van der Waals surface area contributed by atoms with E-state index in [0.29, 0.717) is 41.2 Å². The molecule has 5 rings (SSSR count). The summed E-state index contributed by atoms with van der Waals surface area (Å²) in [6, 6.07) is 8.12. The van der Waals surface area contributed by atoms with Gasteiger partial charge in [-0.05, 0) is 74.5 Å². The Hall–Kier alpha value is -2.89. The monoisotopic (exact) mass is 489 g/mol. The normalized spacial score (nSPS) is 18.7. The van der Waals surface area contributed by atoms with E-state index in [9.17, 15) is 17.2 Å². The van der Waals surface area contributed by atoms with E-state index in [-0.39, 0.29) is 5.75 Å². The maximum Gasteiger partial charge on any atom is 0.387 e. The van der Waals surface area contributed by atoms with Gasteiger partial charge in [0.25, 0.3) is 0 Å². The molecule has 0 unspecified atom stereocenters. The molecular weight excluding hydrogens is 464 g/mol. The number of halogens is 2. The summed E-state index contributed by atoms with van der Waals surface area (Å²) in [5.41, 5.74) is 2.84. The van der Waals surface area contributed by atoms with Gasteiger partial charge in [-0.2, -0.15) is 8.78 Å². The smallest absolute Gasteiger partial charge is 0.387 e. The van der Waals surface area contributed by atoms with Crippen molar-refractivity contribution in [3.63, 3.8) is 0 Å². The number of nitrogens with two attached hydrogens (primary N) is 1. The van der Waals surface area contributed by atoms with E-state index < -0.39 is 21.4 Å². The summed E-state index contributed by atoms with van der Waals surface area (Å²) in [5, 5.41) is 8.80. The van der Waals surface area contributed by atoms with Crippen LogP contribution in [0.25, 0.3) is 16.9 Å². The fraction of sp³-hybridized carbons (Fsp3) is 0.391. The van der Waals surface area contributed by atoms with Crippen LogP contribution in [0.5, 0.6) is 5.75 Å². The van der Waals surface area contributed by atoms with Crippen molar-refractivity contribution in [3.8, 4) is 17.0 Å². The molecule has 2 aromatic heterocycles.